The Hall–Kier alpha value is -1.92. The van der Waals surface area contributed by atoms with E-state index in [9.17, 15) is 19.8 Å². The van der Waals surface area contributed by atoms with E-state index in [-0.39, 0.29) is 18.5 Å². The van der Waals surface area contributed by atoms with Crippen molar-refractivity contribution in [1.82, 2.24) is 5.32 Å². The van der Waals surface area contributed by atoms with Gasteiger partial charge in [-0.05, 0) is 83.5 Å². The molecule has 0 spiro atoms. The molecule has 0 aromatic heterocycles. The Balaban J connectivity index is 3.37. The lowest BCUT2D eigenvalue weighted by atomic mass is 10.0. The summed E-state index contributed by atoms with van der Waals surface area (Å²) in [7, 11) is 0. The molecule has 6 nitrogen and oxygen atoms in total. The Kier molecular flexibility index (Phi) is 76.8. The number of hydrogen-bond acceptors (Lipinski definition) is 5. The fourth-order valence-corrected chi connectivity index (χ4v) is 13.0. The number of amides is 1. The van der Waals surface area contributed by atoms with Gasteiger partial charge in [-0.3, -0.25) is 9.59 Å². The molecular formula is C83H159NO5. The van der Waals surface area contributed by atoms with Crippen molar-refractivity contribution in [3.63, 3.8) is 0 Å². The lowest BCUT2D eigenvalue weighted by Crippen LogP contribution is -2.45. The number of hydrogen-bond donors (Lipinski definition) is 3. The smallest absolute Gasteiger partial charge is 0.305 e. The topological polar surface area (TPSA) is 95.9 Å². The average molecular weight is 1250 g/mol. The number of rotatable bonds is 77. The maximum atomic E-state index is 12.6. The molecule has 2 unspecified atom stereocenters. The van der Waals surface area contributed by atoms with Crippen LogP contribution in [0.15, 0.2) is 36.5 Å². The molecule has 0 aliphatic carbocycles. The Morgan fingerprint density at radius 1 is 0.315 bits per heavy atom. The van der Waals surface area contributed by atoms with E-state index >= 15 is 0 Å². The van der Waals surface area contributed by atoms with E-state index in [1.165, 1.54) is 372 Å². The van der Waals surface area contributed by atoms with Gasteiger partial charge >= 0.3 is 5.97 Å². The van der Waals surface area contributed by atoms with E-state index in [0.29, 0.717) is 25.9 Å². The summed E-state index contributed by atoms with van der Waals surface area (Å²) in [5, 5.41) is 23.5. The first-order chi connectivity index (χ1) is 44.0. The summed E-state index contributed by atoms with van der Waals surface area (Å²) in [6, 6.07) is -0.542. The molecule has 0 aromatic rings. The highest BCUT2D eigenvalue weighted by Crippen LogP contribution is 2.20. The van der Waals surface area contributed by atoms with Crippen molar-refractivity contribution in [2.75, 3.05) is 13.2 Å². The van der Waals surface area contributed by atoms with E-state index in [4.69, 9.17) is 4.74 Å². The lowest BCUT2D eigenvalue weighted by molar-refractivity contribution is -0.143. The second kappa shape index (κ2) is 78.5. The number of ether oxygens (including phenoxy) is 1. The van der Waals surface area contributed by atoms with E-state index < -0.39 is 12.1 Å². The van der Waals surface area contributed by atoms with Crippen LogP contribution in [0.5, 0.6) is 0 Å². The molecule has 0 saturated carbocycles. The second-order valence-electron chi connectivity index (χ2n) is 28.1. The molecule has 0 aromatic carbocycles. The number of unbranched alkanes of at least 4 members (excludes halogenated alkanes) is 60. The van der Waals surface area contributed by atoms with Crippen LogP contribution in [0.25, 0.3) is 0 Å². The third kappa shape index (κ3) is 75.0. The zero-order chi connectivity index (χ0) is 64.2. The summed E-state index contributed by atoms with van der Waals surface area (Å²) in [5.41, 5.74) is 0. The fraction of sp³-hybridized carbons (Fsp3) is 0.904. The SMILES string of the molecule is CCCCC/C=C\C/C=C\CCCCCCCCCC(=O)OCCCCCCCCCCCCCC/C=C\CCCCCCCCCCCCCCCCC(=O)NC(CO)C(O)CCCCCCCCCCCCCCCCCCCCCCCCCCC. The van der Waals surface area contributed by atoms with Gasteiger partial charge in [0, 0.05) is 12.8 Å². The molecule has 0 bridgehead atoms. The highest BCUT2D eigenvalue weighted by molar-refractivity contribution is 5.76. The molecule has 1 amide bonds. The van der Waals surface area contributed by atoms with Crippen LogP contribution in [-0.2, 0) is 14.3 Å². The summed E-state index contributed by atoms with van der Waals surface area (Å²) in [6.07, 6.45) is 102. The standard InChI is InChI=1S/C83H159NO5/c1-3-5-7-9-11-13-15-17-19-21-22-23-24-31-34-37-40-44-47-51-55-59-63-67-71-75-81(86)80(79-85)84-82(87)76-72-68-64-60-56-52-48-45-41-38-35-32-29-27-25-26-28-30-33-36-39-42-46-50-54-58-62-66-70-74-78-89-83(88)77-73-69-65-61-57-53-49-43-20-18-16-14-12-10-8-6-4-2/h12,14,18,20,26,28,80-81,85-86H,3-11,13,15-17,19,21-25,27,29-79H2,1-2H3,(H,84,87)/b14-12-,20-18-,28-26-. The second-order valence-corrected chi connectivity index (χ2v) is 28.1. The summed E-state index contributed by atoms with van der Waals surface area (Å²) in [4.78, 5) is 24.7. The molecule has 0 aliphatic heterocycles. The zero-order valence-electron chi connectivity index (χ0n) is 60.4. The molecule has 526 valence electrons. The van der Waals surface area contributed by atoms with E-state index in [2.05, 4.69) is 55.6 Å². The summed E-state index contributed by atoms with van der Waals surface area (Å²) >= 11 is 0. The quantitative estimate of drug-likeness (QED) is 0.0320. The van der Waals surface area contributed by atoms with Gasteiger partial charge < -0.3 is 20.3 Å². The maximum absolute atomic E-state index is 12.6. The molecule has 3 N–H and O–H groups in total. The van der Waals surface area contributed by atoms with Crippen LogP contribution in [0.4, 0.5) is 0 Å². The van der Waals surface area contributed by atoms with Crippen molar-refractivity contribution in [2.24, 2.45) is 0 Å². The molecule has 0 rings (SSSR count). The van der Waals surface area contributed by atoms with Crippen LogP contribution in [0.2, 0.25) is 0 Å². The summed E-state index contributed by atoms with van der Waals surface area (Å²) < 4.78 is 5.50. The van der Waals surface area contributed by atoms with Gasteiger partial charge in [0.15, 0.2) is 0 Å². The Bertz CT molecular complexity index is 1440. The third-order valence-electron chi connectivity index (χ3n) is 19.2. The van der Waals surface area contributed by atoms with Crippen molar-refractivity contribution >= 4 is 11.9 Å². The maximum Gasteiger partial charge on any atom is 0.305 e. The number of aliphatic hydroxyl groups is 2. The first-order valence-electron chi connectivity index (χ1n) is 40.7. The predicted octanol–water partition coefficient (Wildman–Crippen LogP) is 27.0. The summed E-state index contributed by atoms with van der Waals surface area (Å²) in [5.74, 6) is -0.0176. The van der Waals surface area contributed by atoms with Crippen molar-refractivity contribution in [2.45, 2.75) is 469 Å². The van der Waals surface area contributed by atoms with Crippen molar-refractivity contribution < 1.29 is 24.5 Å². The van der Waals surface area contributed by atoms with Gasteiger partial charge in [0.25, 0.3) is 0 Å². The van der Waals surface area contributed by atoms with E-state index in [0.717, 1.165) is 51.4 Å². The number of carbonyl (C=O) groups is 2. The van der Waals surface area contributed by atoms with Gasteiger partial charge in [0.05, 0.1) is 25.4 Å². The fourth-order valence-electron chi connectivity index (χ4n) is 13.0. The van der Waals surface area contributed by atoms with Crippen LogP contribution in [-0.4, -0.2) is 47.4 Å². The molecule has 0 radical (unpaired) electrons. The predicted molar refractivity (Wildman–Crippen MR) is 393 cm³/mol. The van der Waals surface area contributed by atoms with Crippen LogP contribution < -0.4 is 5.32 Å². The lowest BCUT2D eigenvalue weighted by Gasteiger charge is -2.22. The normalized spacial score (nSPS) is 12.6. The number of esters is 1. The Labute approximate surface area is 557 Å². The number of carbonyl (C=O) groups excluding carboxylic acids is 2. The first-order valence-corrected chi connectivity index (χ1v) is 40.7. The number of allylic oxidation sites excluding steroid dienone is 6. The molecule has 6 heteroatoms. The number of aliphatic hydroxyl groups excluding tert-OH is 2. The van der Waals surface area contributed by atoms with Crippen molar-refractivity contribution in [3.8, 4) is 0 Å². The average Bonchev–Trinajstić information content (AvgIpc) is 3.60. The molecule has 2 atom stereocenters. The highest BCUT2D eigenvalue weighted by Gasteiger charge is 2.20. The first kappa shape index (κ1) is 87.1. The molecule has 89 heavy (non-hydrogen) atoms. The van der Waals surface area contributed by atoms with Gasteiger partial charge in [-0.2, -0.15) is 0 Å². The number of nitrogens with one attached hydrogen (secondary N) is 1. The minimum absolute atomic E-state index is 0.0103. The molecule has 0 heterocycles. The Morgan fingerprint density at radius 3 is 0.888 bits per heavy atom. The van der Waals surface area contributed by atoms with Gasteiger partial charge in [-0.15, -0.1) is 0 Å². The zero-order valence-corrected chi connectivity index (χ0v) is 60.4. The van der Waals surface area contributed by atoms with Gasteiger partial charge in [-0.25, -0.2) is 0 Å². The van der Waals surface area contributed by atoms with Crippen LogP contribution in [0, 0.1) is 0 Å². The van der Waals surface area contributed by atoms with Crippen molar-refractivity contribution in [3.05, 3.63) is 36.5 Å². The highest BCUT2D eigenvalue weighted by atomic mass is 16.5. The van der Waals surface area contributed by atoms with Gasteiger partial charge in [-0.1, -0.05) is 397 Å². The third-order valence-corrected chi connectivity index (χ3v) is 19.2. The minimum Gasteiger partial charge on any atom is -0.466 e. The van der Waals surface area contributed by atoms with E-state index in [1.807, 2.05) is 0 Å². The van der Waals surface area contributed by atoms with Crippen LogP contribution in [0.1, 0.15) is 457 Å². The minimum atomic E-state index is -0.665. The monoisotopic (exact) mass is 1250 g/mol. The van der Waals surface area contributed by atoms with Crippen LogP contribution in [0.3, 0.4) is 0 Å². The van der Waals surface area contributed by atoms with Crippen LogP contribution >= 0.6 is 0 Å². The molecule has 0 fully saturated rings. The Morgan fingerprint density at radius 2 is 0.562 bits per heavy atom. The molecular weight excluding hydrogens is 1090 g/mol. The van der Waals surface area contributed by atoms with E-state index in [1.54, 1.807) is 0 Å². The van der Waals surface area contributed by atoms with Gasteiger partial charge in [0.1, 0.15) is 0 Å². The largest absolute Gasteiger partial charge is 0.466 e. The molecule has 0 saturated heterocycles. The van der Waals surface area contributed by atoms with Gasteiger partial charge in [0.2, 0.25) is 5.91 Å². The molecule has 0 aliphatic rings. The summed E-state index contributed by atoms with van der Waals surface area (Å²) in [6.45, 7) is 4.97. The van der Waals surface area contributed by atoms with Crippen molar-refractivity contribution in [1.29, 1.82) is 0 Å².